The Balaban J connectivity index is 0.00000576. The summed E-state index contributed by atoms with van der Waals surface area (Å²) in [5.74, 6) is 0. The Morgan fingerprint density at radius 1 is 0.760 bits per heavy atom. The Morgan fingerprint density at radius 3 is 1.68 bits per heavy atom. The molecule has 25 heavy (non-hydrogen) atoms. The summed E-state index contributed by atoms with van der Waals surface area (Å²) in [4.78, 5) is 0.0630. The van der Waals surface area contributed by atoms with Crippen molar-refractivity contribution in [2.45, 2.75) is 95.3 Å². The minimum absolute atomic E-state index is 0. The Hall–Kier alpha value is 0.390. The SMILES string of the molecule is CCCCCCCCCCCCCCc1ccccc1S(=O)(=O)O.[Ca]. The van der Waals surface area contributed by atoms with Crippen LogP contribution < -0.4 is 0 Å². The second-order valence-corrected chi connectivity index (χ2v) is 8.11. The van der Waals surface area contributed by atoms with Gasteiger partial charge >= 0.3 is 0 Å². The molecule has 0 saturated carbocycles. The summed E-state index contributed by atoms with van der Waals surface area (Å²) >= 11 is 0. The van der Waals surface area contributed by atoms with Gasteiger partial charge in [0, 0.05) is 37.7 Å². The van der Waals surface area contributed by atoms with Crippen molar-refractivity contribution in [2.24, 2.45) is 0 Å². The van der Waals surface area contributed by atoms with Crippen LogP contribution in [0.1, 0.15) is 89.5 Å². The molecule has 0 saturated heterocycles. The molecule has 0 bridgehead atoms. The van der Waals surface area contributed by atoms with Crippen molar-refractivity contribution in [3.63, 3.8) is 0 Å². The minimum Gasteiger partial charge on any atom is -0.282 e. The van der Waals surface area contributed by atoms with Gasteiger partial charge in [-0.15, -0.1) is 0 Å². The van der Waals surface area contributed by atoms with E-state index < -0.39 is 10.1 Å². The van der Waals surface area contributed by atoms with Crippen molar-refractivity contribution in [1.29, 1.82) is 0 Å². The standard InChI is InChI=1S/C20H34O3S.Ca/c1-2-3-4-5-6-7-8-9-10-11-12-13-16-19-17-14-15-18-20(19)24(21,22)23;/h14-15,17-18H,2-13,16H2,1H3,(H,21,22,23);. The summed E-state index contributed by atoms with van der Waals surface area (Å²) in [7, 11) is -4.10. The van der Waals surface area contributed by atoms with E-state index in [1.165, 1.54) is 70.3 Å². The first-order chi connectivity index (χ1) is 11.6. The maximum absolute atomic E-state index is 11.3. The van der Waals surface area contributed by atoms with Gasteiger partial charge in [-0.2, -0.15) is 8.42 Å². The molecule has 1 aromatic rings. The van der Waals surface area contributed by atoms with Crippen molar-refractivity contribution in [1.82, 2.24) is 0 Å². The van der Waals surface area contributed by atoms with Gasteiger partial charge < -0.3 is 0 Å². The molecular formula is C20H34CaO3S. The van der Waals surface area contributed by atoms with Crippen LogP contribution >= 0.6 is 0 Å². The van der Waals surface area contributed by atoms with Crippen molar-refractivity contribution in [2.75, 3.05) is 0 Å². The number of unbranched alkanes of at least 4 members (excludes halogenated alkanes) is 11. The number of rotatable bonds is 14. The average molecular weight is 395 g/mol. The Bertz CT molecular complexity index is 544. The molecule has 0 unspecified atom stereocenters. The monoisotopic (exact) mass is 394 g/mol. The van der Waals surface area contributed by atoms with E-state index in [9.17, 15) is 13.0 Å². The normalized spacial score (nSPS) is 11.3. The molecular weight excluding hydrogens is 360 g/mol. The summed E-state index contributed by atoms with van der Waals surface area (Å²) in [6.45, 7) is 2.25. The van der Waals surface area contributed by atoms with Crippen LogP contribution in [0.4, 0.5) is 0 Å². The van der Waals surface area contributed by atoms with Crippen molar-refractivity contribution < 1.29 is 13.0 Å². The summed E-state index contributed by atoms with van der Waals surface area (Å²) in [5.41, 5.74) is 0.729. The van der Waals surface area contributed by atoms with E-state index in [1.54, 1.807) is 12.1 Å². The molecule has 0 aliphatic heterocycles. The molecule has 0 fully saturated rings. The molecule has 1 N–H and O–H groups in total. The van der Waals surface area contributed by atoms with Crippen LogP contribution in [0.2, 0.25) is 0 Å². The van der Waals surface area contributed by atoms with Gasteiger partial charge in [0.1, 0.15) is 0 Å². The first-order valence-electron chi connectivity index (χ1n) is 9.61. The number of benzene rings is 1. The van der Waals surface area contributed by atoms with Gasteiger partial charge in [-0.25, -0.2) is 0 Å². The van der Waals surface area contributed by atoms with Gasteiger partial charge in [-0.3, -0.25) is 4.55 Å². The summed E-state index contributed by atoms with van der Waals surface area (Å²) in [6, 6.07) is 6.74. The Morgan fingerprint density at radius 2 is 1.20 bits per heavy atom. The van der Waals surface area contributed by atoms with Gasteiger partial charge in [0.2, 0.25) is 0 Å². The van der Waals surface area contributed by atoms with Crippen LogP contribution in [0, 0.1) is 0 Å². The first-order valence-corrected chi connectivity index (χ1v) is 11.0. The maximum atomic E-state index is 11.3. The van der Waals surface area contributed by atoms with Crippen LogP contribution in [-0.4, -0.2) is 50.7 Å². The maximum Gasteiger partial charge on any atom is 0.294 e. The quantitative estimate of drug-likeness (QED) is 0.247. The molecule has 1 rings (SSSR count). The van der Waals surface area contributed by atoms with Gasteiger partial charge in [0.25, 0.3) is 10.1 Å². The van der Waals surface area contributed by atoms with Crippen LogP contribution in [0.3, 0.4) is 0 Å². The molecule has 0 spiro atoms. The van der Waals surface area contributed by atoms with Gasteiger partial charge in [0.05, 0.1) is 4.90 Å². The summed E-state index contributed by atoms with van der Waals surface area (Å²) in [6.07, 6.45) is 16.2. The van der Waals surface area contributed by atoms with Gasteiger partial charge in [-0.05, 0) is 24.5 Å². The molecule has 0 aromatic heterocycles. The van der Waals surface area contributed by atoms with Gasteiger partial charge in [-0.1, -0.05) is 95.8 Å². The average Bonchev–Trinajstić information content (AvgIpc) is 2.55. The molecule has 0 heterocycles. The van der Waals surface area contributed by atoms with Crippen molar-refractivity contribution in [3.8, 4) is 0 Å². The number of aryl methyl sites for hydroxylation is 1. The smallest absolute Gasteiger partial charge is 0.282 e. The molecule has 0 aliphatic carbocycles. The number of hydrogen-bond donors (Lipinski definition) is 1. The third kappa shape index (κ3) is 12.4. The molecule has 0 atom stereocenters. The molecule has 0 amide bonds. The molecule has 140 valence electrons. The summed E-state index contributed by atoms with van der Waals surface area (Å²) in [5, 5.41) is 0. The van der Waals surface area contributed by atoms with E-state index in [4.69, 9.17) is 0 Å². The predicted octanol–water partition coefficient (Wildman–Crippen LogP) is 5.80. The van der Waals surface area contributed by atoms with Crippen molar-refractivity contribution in [3.05, 3.63) is 29.8 Å². The molecule has 5 heteroatoms. The zero-order valence-corrected chi connectivity index (χ0v) is 18.9. The fourth-order valence-electron chi connectivity index (χ4n) is 3.12. The van der Waals surface area contributed by atoms with E-state index in [1.807, 2.05) is 6.07 Å². The second kappa shape index (κ2) is 15.4. The first kappa shape index (κ1) is 25.4. The van der Waals surface area contributed by atoms with Crippen LogP contribution in [0.5, 0.6) is 0 Å². The zero-order chi connectivity index (χ0) is 17.7. The van der Waals surface area contributed by atoms with Crippen molar-refractivity contribution >= 4 is 47.9 Å². The fourth-order valence-corrected chi connectivity index (χ4v) is 3.87. The Labute approximate surface area is 184 Å². The third-order valence-corrected chi connectivity index (χ3v) is 5.50. The fraction of sp³-hybridized carbons (Fsp3) is 0.700. The molecule has 0 aliphatic rings. The van der Waals surface area contributed by atoms with E-state index in [-0.39, 0.29) is 42.6 Å². The van der Waals surface area contributed by atoms with Gasteiger partial charge in [0.15, 0.2) is 0 Å². The van der Waals surface area contributed by atoms with E-state index >= 15 is 0 Å². The Kier molecular flexibility index (Phi) is 15.7. The van der Waals surface area contributed by atoms with Crippen LogP contribution in [-0.2, 0) is 16.5 Å². The second-order valence-electron chi connectivity index (χ2n) is 6.72. The van der Waals surface area contributed by atoms with Crippen LogP contribution in [0.15, 0.2) is 29.2 Å². The largest absolute Gasteiger partial charge is 0.294 e. The summed E-state index contributed by atoms with van der Waals surface area (Å²) < 4.78 is 31.9. The van der Waals surface area contributed by atoms with E-state index in [0.717, 1.165) is 18.4 Å². The zero-order valence-electron chi connectivity index (χ0n) is 15.9. The molecule has 3 nitrogen and oxygen atoms in total. The van der Waals surface area contributed by atoms with E-state index in [2.05, 4.69) is 6.92 Å². The topological polar surface area (TPSA) is 54.4 Å². The molecule has 1 aromatic carbocycles. The molecule has 2 radical (unpaired) electrons. The van der Waals surface area contributed by atoms with E-state index in [0.29, 0.717) is 6.42 Å². The predicted molar refractivity (Wildman–Crippen MR) is 107 cm³/mol. The third-order valence-electron chi connectivity index (χ3n) is 4.55. The number of hydrogen-bond acceptors (Lipinski definition) is 2. The van der Waals surface area contributed by atoms with Crippen LogP contribution in [0.25, 0.3) is 0 Å². The minimum atomic E-state index is -4.10.